The van der Waals surface area contributed by atoms with Gasteiger partial charge in [-0.25, -0.2) is 13.1 Å². The van der Waals surface area contributed by atoms with Gasteiger partial charge in [-0.15, -0.1) is 12.4 Å². The summed E-state index contributed by atoms with van der Waals surface area (Å²) in [4.78, 5) is 0. The molecule has 3 N–H and O–H groups in total. The van der Waals surface area contributed by atoms with E-state index in [1.54, 1.807) is 30.3 Å². The number of hydrogen-bond donors (Lipinski definition) is 2. The molecule has 5 nitrogen and oxygen atoms in total. The van der Waals surface area contributed by atoms with Crippen molar-refractivity contribution in [1.82, 2.24) is 4.72 Å². The molecule has 0 saturated heterocycles. The fourth-order valence-corrected chi connectivity index (χ4v) is 4.39. The molecule has 0 amide bonds. The molecule has 7 heteroatoms. The third-order valence-corrected chi connectivity index (χ3v) is 5.37. The number of sulfonamides is 1. The topological polar surface area (TPSA) is 81.4 Å². The van der Waals surface area contributed by atoms with Gasteiger partial charge < -0.3 is 10.5 Å². The Labute approximate surface area is 155 Å². The molecule has 1 unspecified atom stereocenters. The van der Waals surface area contributed by atoms with Crippen LogP contribution in [0.3, 0.4) is 0 Å². The van der Waals surface area contributed by atoms with Crippen molar-refractivity contribution in [3.8, 4) is 5.75 Å². The summed E-state index contributed by atoms with van der Waals surface area (Å²) in [7, 11) is -3.49. The van der Waals surface area contributed by atoms with Crippen LogP contribution in [0.2, 0.25) is 0 Å². The zero-order chi connectivity index (χ0) is 17.4. The van der Waals surface area contributed by atoms with E-state index in [9.17, 15) is 8.42 Å². The zero-order valence-electron chi connectivity index (χ0n) is 14.2. The summed E-state index contributed by atoms with van der Waals surface area (Å²) in [6.45, 7) is 3.90. The monoisotopic (exact) mass is 382 g/mol. The van der Waals surface area contributed by atoms with E-state index < -0.39 is 15.6 Å². The Bertz CT molecular complexity index is 839. The number of halogens is 1. The van der Waals surface area contributed by atoms with Crippen LogP contribution in [0, 0.1) is 0 Å². The number of fused-ring (bicyclic) bond motifs is 1. The smallest absolute Gasteiger partial charge is 0.216 e. The van der Waals surface area contributed by atoms with E-state index in [-0.39, 0.29) is 24.2 Å². The molecule has 0 aliphatic carbocycles. The number of hydrogen-bond acceptors (Lipinski definition) is 4. The second-order valence-electron chi connectivity index (χ2n) is 6.78. The van der Waals surface area contributed by atoms with E-state index in [1.807, 2.05) is 32.0 Å². The second-order valence-corrected chi connectivity index (χ2v) is 8.53. The predicted molar refractivity (Wildman–Crippen MR) is 102 cm³/mol. The minimum Gasteiger partial charge on any atom is -0.487 e. The van der Waals surface area contributed by atoms with E-state index in [0.29, 0.717) is 17.9 Å². The van der Waals surface area contributed by atoms with Crippen molar-refractivity contribution in [2.75, 3.05) is 5.73 Å². The molecule has 2 aromatic carbocycles. The van der Waals surface area contributed by atoms with Gasteiger partial charge in [-0.2, -0.15) is 0 Å². The number of nitrogens with one attached hydrogen (secondary N) is 1. The van der Waals surface area contributed by atoms with Gasteiger partial charge in [0, 0.05) is 17.7 Å². The average Bonchev–Trinajstić information content (AvgIpc) is 2.47. The van der Waals surface area contributed by atoms with E-state index in [2.05, 4.69) is 4.72 Å². The lowest BCUT2D eigenvalue weighted by Crippen LogP contribution is -2.41. The molecular formula is C18H23ClN2O3S. The fourth-order valence-electron chi connectivity index (χ4n) is 3.03. The normalized spacial score (nSPS) is 18.6. The Morgan fingerprint density at radius 2 is 1.88 bits per heavy atom. The van der Waals surface area contributed by atoms with Crippen molar-refractivity contribution in [3.05, 3.63) is 59.7 Å². The minimum atomic E-state index is -3.49. The zero-order valence-corrected chi connectivity index (χ0v) is 15.9. The van der Waals surface area contributed by atoms with Crippen molar-refractivity contribution in [1.29, 1.82) is 0 Å². The highest BCUT2D eigenvalue weighted by Gasteiger charge is 2.35. The standard InChI is InChI=1S/C18H22N2O3S.ClH/c1-18(2)11-16(15-10-14(19)8-9-17(15)23-18)20-24(21,22)12-13-6-4-3-5-7-13;/h3-10,16,20H,11-12,19H2,1-2H3;1H. The van der Waals surface area contributed by atoms with Crippen LogP contribution in [0.15, 0.2) is 48.5 Å². The summed E-state index contributed by atoms with van der Waals surface area (Å²) in [5.41, 5.74) is 7.54. The minimum absolute atomic E-state index is 0. The van der Waals surface area contributed by atoms with Gasteiger partial charge in [0.2, 0.25) is 10.0 Å². The Kier molecular flexibility index (Phi) is 5.66. The maximum atomic E-state index is 12.6. The van der Waals surface area contributed by atoms with E-state index in [1.165, 1.54) is 0 Å². The number of ether oxygens (including phenoxy) is 1. The SMILES string of the molecule is CC1(C)CC(NS(=O)(=O)Cc2ccccc2)c2cc(N)ccc2O1.Cl. The van der Waals surface area contributed by atoms with Crippen LogP contribution in [0.25, 0.3) is 0 Å². The van der Waals surface area contributed by atoms with Gasteiger partial charge in [0.15, 0.2) is 0 Å². The van der Waals surface area contributed by atoms with Crippen LogP contribution in [0.4, 0.5) is 5.69 Å². The summed E-state index contributed by atoms with van der Waals surface area (Å²) >= 11 is 0. The molecule has 1 atom stereocenters. The number of benzene rings is 2. The van der Waals surface area contributed by atoms with Crippen LogP contribution in [-0.4, -0.2) is 14.0 Å². The van der Waals surface area contributed by atoms with Crippen LogP contribution < -0.4 is 15.2 Å². The average molecular weight is 383 g/mol. The molecule has 25 heavy (non-hydrogen) atoms. The Morgan fingerprint density at radius 3 is 2.56 bits per heavy atom. The van der Waals surface area contributed by atoms with Crippen molar-refractivity contribution < 1.29 is 13.2 Å². The summed E-state index contributed by atoms with van der Waals surface area (Å²) in [6, 6.07) is 14.1. The van der Waals surface area contributed by atoms with Gasteiger partial charge in [0.25, 0.3) is 0 Å². The third-order valence-electron chi connectivity index (χ3n) is 4.01. The number of rotatable bonds is 4. The fraction of sp³-hybridized carbons (Fsp3) is 0.333. The number of nitrogen functional groups attached to an aromatic ring is 1. The summed E-state index contributed by atoms with van der Waals surface area (Å²) in [5.74, 6) is 0.622. The van der Waals surface area contributed by atoms with Crippen molar-refractivity contribution in [2.24, 2.45) is 0 Å². The molecule has 0 fully saturated rings. The highest BCUT2D eigenvalue weighted by atomic mass is 35.5. The first-order valence-electron chi connectivity index (χ1n) is 7.86. The first-order chi connectivity index (χ1) is 11.2. The molecule has 2 aromatic rings. The first kappa shape index (κ1) is 19.6. The lowest BCUT2D eigenvalue weighted by atomic mass is 9.90. The quantitative estimate of drug-likeness (QED) is 0.794. The summed E-state index contributed by atoms with van der Waals surface area (Å²) in [5, 5.41) is 0. The molecule has 0 bridgehead atoms. The maximum Gasteiger partial charge on any atom is 0.216 e. The van der Waals surface area contributed by atoms with Crippen molar-refractivity contribution >= 4 is 28.1 Å². The molecule has 1 aliphatic rings. The van der Waals surface area contributed by atoms with Crippen LogP contribution in [0.5, 0.6) is 5.75 Å². The Hall–Kier alpha value is -1.76. The molecule has 0 aromatic heterocycles. The van der Waals surface area contributed by atoms with Gasteiger partial charge in [-0.05, 0) is 37.6 Å². The van der Waals surface area contributed by atoms with Crippen LogP contribution in [-0.2, 0) is 15.8 Å². The van der Waals surface area contributed by atoms with Gasteiger partial charge in [0.1, 0.15) is 11.4 Å². The van der Waals surface area contributed by atoms with Crippen LogP contribution >= 0.6 is 12.4 Å². The number of anilines is 1. The van der Waals surface area contributed by atoms with Crippen molar-refractivity contribution in [2.45, 2.75) is 37.7 Å². The predicted octanol–water partition coefficient (Wildman–Crippen LogP) is 3.41. The molecule has 3 rings (SSSR count). The van der Waals surface area contributed by atoms with Gasteiger partial charge >= 0.3 is 0 Å². The lowest BCUT2D eigenvalue weighted by molar-refractivity contribution is 0.0702. The first-order valence-corrected chi connectivity index (χ1v) is 9.52. The van der Waals surface area contributed by atoms with E-state index >= 15 is 0 Å². The Morgan fingerprint density at radius 1 is 1.20 bits per heavy atom. The van der Waals surface area contributed by atoms with E-state index in [0.717, 1.165) is 11.1 Å². The molecule has 136 valence electrons. The van der Waals surface area contributed by atoms with Gasteiger partial charge in [-0.1, -0.05) is 30.3 Å². The molecule has 0 saturated carbocycles. The molecule has 1 heterocycles. The summed E-state index contributed by atoms with van der Waals surface area (Å²) in [6.07, 6.45) is 0.539. The van der Waals surface area contributed by atoms with Gasteiger partial charge in [-0.3, -0.25) is 0 Å². The Balaban J connectivity index is 0.00000225. The third kappa shape index (κ3) is 4.87. The molecule has 1 aliphatic heterocycles. The van der Waals surface area contributed by atoms with Crippen LogP contribution in [0.1, 0.15) is 37.4 Å². The van der Waals surface area contributed by atoms with Gasteiger partial charge in [0.05, 0.1) is 11.8 Å². The van der Waals surface area contributed by atoms with E-state index in [4.69, 9.17) is 10.5 Å². The highest BCUT2D eigenvalue weighted by Crippen LogP contribution is 2.40. The molecule has 0 spiro atoms. The van der Waals surface area contributed by atoms with Crippen molar-refractivity contribution in [3.63, 3.8) is 0 Å². The number of nitrogens with two attached hydrogens (primary N) is 1. The second kappa shape index (κ2) is 7.23. The summed E-state index contributed by atoms with van der Waals surface area (Å²) < 4.78 is 33.9. The lowest BCUT2D eigenvalue weighted by Gasteiger charge is -2.37. The molecular weight excluding hydrogens is 360 g/mol. The largest absolute Gasteiger partial charge is 0.487 e. The highest BCUT2D eigenvalue weighted by molar-refractivity contribution is 7.88. The maximum absolute atomic E-state index is 12.6. The molecule has 0 radical (unpaired) electrons.